The molecule has 1 aliphatic heterocycles. The van der Waals surface area contributed by atoms with Gasteiger partial charge in [-0.25, -0.2) is 4.98 Å². The Morgan fingerprint density at radius 2 is 2.17 bits per heavy atom. The molecule has 0 unspecified atom stereocenters. The van der Waals surface area contributed by atoms with Gasteiger partial charge in [0.25, 0.3) is 0 Å². The molecule has 1 aliphatic carbocycles. The first-order valence-electron chi connectivity index (χ1n) is 8.60. The standard InChI is InChI=1S/C19H22N4O/c1-13-6-8-21-17(9-13)22-12-15-10-18(24)23(16-4-5-16)19(15)14-3-2-7-20-11-14/h2-3,6-9,11,15-16,19H,4-5,10,12H2,1H3,(H,21,22)/t15-,19-/m0/s1. The summed E-state index contributed by atoms with van der Waals surface area (Å²) in [6.45, 7) is 2.80. The van der Waals surface area contributed by atoms with E-state index in [4.69, 9.17) is 0 Å². The first kappa shape index (κ1) is 15.1. The van der Waals surface area contributed by atoms with Gasteiger partial charge in [-0.2, -0.15) is 0 Å². The number of anilines is 1. The minimum atomic E-state index is 0.121. The van der Waals surface area contributed by atoms with Crippen LogP contribution in [0.2, 0.25) is 0 Å². The molecule has 4 rings (SSSR count). The predicted octanol–water partition coefficient (Wildman–Crippen LogP) is 2.95. The van der Waals surface area contributed by atoms with Gasteiger partial charge in [0.05, 0.1) is 6.04 Å². The van der Waals surface area contributed by atoms with Crippen LogP contribution in [0, 0.1) is 12.8 Å². The van der Waals surface area contributed by atoms with Crippen LogP contribution in [-0.4, -0.2) is 33.4 Å². The van der Waals surface area contributed by atoms with Crippen LogP contribution in [0.5, 0.6) is 0 Å². The van der Waals surface area contributed by atoms with Gasteiger partial charge in [-0.15, -0.1) is 0 Å². The second kappa shape index (κ2) is 6.23. The maximum Gasteiger partial charge on any atom is 0.223 e. The van der Waals surface area contributed by atoms with Gasteiger partial charge in [0, 0.05) is 43.5 Å². The van der Waals surface area contributed by atoms with Crippen molar-refractivity contribution in [2.24, 2.45) is 5.92 Å². The second-order valence-electron chi connectivity index (χ2n) is 6.83. The molecule has 2 aromatic heterocycles. The molecule has 0 aromatic carbocycles. The molecular formula is C19H22N4O. The molecule has 124 valence electrons. The van der Waals surface area contributed by atoms with Gasteiger partial charge in [0.2, 0.25) is 5.91 Å². The third kappa shape index (κ3) is 2.98. The Bertz CT molecular complexity index is 729. The lowest BCUT2D eigenvalue weighted by atomic mass is 9.94. The Balaban J connectivity index is 1.55. The van der Waals surface area contributed by atoms with Crippen molar-refractivity contribution in [1.82, 2.24) is 14.9 Å². The van der Waals surface area contributed by atoms with E-state index >= 15 is 0 Å². The summed E-state index contributed by atoms with van der Waals surface area (Å²) in [5, 5.41) is 3.42. The number of rotatable bonds is 5. The van der Waals surface area contributed by atoms with Crippen LogP contribution < -0.4 is 5.32 Å². The van der Waals surface area contributed by atoms with E-state index in [1.165, 1.54) is 5.56 Å². The lowest BCUT2D eigenvalue weighted by molar-refractivity contribution is -0.129. The summed E-state index contributed by atoms with van der Waals surface area (Å²) in [7, 11) is 0. The summed E-state index contributed by atoms with van der Waals surface area (Å²) in [4.78, 5) is 23.3. The third-order valence-electron chi connectivity index (χ3n) is 4.90. The van der Waals surface area contributed by atoms with E-state index in [2.05, 4.69) is 33.2 Å². The largest absolute Gasteiger partial charge is 0.370 e. The zero-order valence-corrected chi connectivity index (χ0v) is 13.9. The Morgan fingerprint density at radius 3 is 2.88 bits per heavy atom. The average molecular weight is 322 g/mol. The quantitative estimate of drug-likeness (QED) is 0.919. The fourth-order valence-electron chi connectivity index (χ4n) is 3.64. The van der Waals surface area contributed by atoms with Crippen molar-refractivity contribution in [3.8, 4) is 0 Å². The zero-order valence-electron chi connectivity index (χ0n) is 13.9. The molecule has 3 heterocycles. The van der Waals surface area contributed by atoms with Crippen LogP contribution >= 0.6 is 0 Å². The fraction of sp³-hybridized carbons (Fsp3) is 0.421. The topological polar surface area (TPSA) is 58.1 Å². The van der Waals surface area contributed by atoms with Gasteiger partial charge < -0.3 is 10.2 Å². The normalized spacial score (nSPS) is 23.5. The van der Waals surface area contributed by atoms with E-state index < -0.39 is 0 Å². The van der Waals surface area contributed by atoms with Crippen LogP contribution in [0.3, 0.4) is 0 Å². The number of pyridine rings is 2. The van der Waals surface area contributed by atoms with Crippen molar-refractivity contribution in [1.29, 1.82) is 0 Å². The van der Waals surface area contributed by atoms with Gasteiger partial charge in [-0.05, 0) is 49.1 Å². The molecule has 1 saturated heterocycles. The number of nitrogens with zero attached hydrogens (tertiary/aromatic N) is 3. The van der Waals surface area contributed by atoms with Gasteiger partial charge in [0.15, 0.2) is 0 Å². The molecule has 1 N–H and O–H groups in total. The number of aromatic nitrogens is 2. The zero-order chi connectivity index (χ0) is 16.5. The summed E-state index contributed by atoms with van der Waals surface area (Å²) in [5.41, 5.74) is 2.32. The lowest BCUT2D eigenvalue weighted by Gasteiger charge is -2.28. The molecule has 2 atom stereocenters. The number of nitrogens with one attached hydrogen (secondary N) is 1. The summed E-state index contributed by atoms with van der Waals surface area (Å²) in [5.74, 6) is 1.39. The third-order valence-corrected chi connectivity index (χ3v) is 4.90. The highest BCUT2D eigenvalue weighted by Crippen LogP contribution is 2.44. The van der Waals surface area contributed by atoms with Gasteiger partial charge in [0.1, 0.15) is 5.82 Å². The number of likely N-dealkylation sites (tertiary alicyclic amines) is 1. The number of hydrogen-bond donors (Lipinski definition) is 1. The molecule has 5 heteroatoms. The van der Waals surface area contributed by atoms with E-state index in [9.17, 15) is 4.79 Å². The van der Waals surface area contributed by atoms with E-state index in [1.54, 1.807) is 6.20 Å². The van der Waals surface area contributed by atoms with E-state index in [1.807, 2.05) is 30.6 Å². The van der Waals surface area contributed by atoms with Crippen LogP contribution in [0.15, 0.2) is 42.9 Å². The number of amides is 1. The SMILES string of the molecule is Cc1ccnc(NC[C@@H]2CC(=O)N(C3CC3)[C@H]2c2cccnc2)c1. The molecule has 2 aliphatic rings. The highest BCUT2D eigenvalue weighted by atomic mass is 16.2. The minimum Gasteiger partial charge on any atom is -0.370 e. The number of aryl methyl sites for hydroxylation is 1. The Hall–Kier alpha value is -2.43. The lowest BCUT2D eigenvalue weighted by Crippen LogP contribution is -2.32. The molecule has 0 bridgehead atoms. The molecule has 5 nitrogen and oxygen atoms in total. The molecule has 1 saturated carbocycles. The minimum absolute atomic E-state index is 0.121. The van der Waals surface area contributed by atoms with Gasteiger partial charge in [-0.1, -0.05) is 6.07 Å². The van der Waals surface area contributed by atoms with Crippen molar-refractivity contribution in [2.75, 3.05) is 11.9 Å². The van der Waals surface area contributed by atoms with E-state index in [-0.39, 0.29) is 17.9 Å². The highest BCUT2D eigenvalue weighted by Gasteiger charge is 2.47. The predicted molar refractivity (Wildman–Crippen MR) is 92.4 cm³/mol. The van der Waals surface area contributed by atoms with Crippen LogP contribution in [0.4, 0.5) is 5.82 Å². The Kier molecular flexibility index (Phi) is 3.92. The highest BCUT2D eigenvalue weighted by molar-refractivity contribution is 5.80. The maximum absolute atomic E-state index is 12.6. The average Bonchev–Trinajstić information content (AvgIpc) is 3.37. The number of hydrogen-bond acceptors (Lipinski definition) is 4. The number of carbonyl (C=O) groups is 1. The summed E-state index contributed by atoms with van der Waals surface area (Å²) < 4.78 is 0. The van der Waals surface area contributed by atoms with Crippen molar-refractivity contribution in [3.63, 3.8) is 0 Å². The second-order valence-corrected chi connectivity index (χ2v) is 6.83. The van der Waals surface area contributed by atoms with E-state index in [0.29, 0.717) is 12.5 Å². The number of carbonyl (C=O) groups excluding carboxylic acids is 1. The van der Waals surface area contributed by atoms with E-state index in [0.717, 1.165) is 30.8 Å². The molecule has 0 spiro atoms. The molecule has 2 fully saturated rings. The molecule has 0 radical (unpaired) electrons. The van der Waals surface area contributed by atoms with Crippen molar-refractivity contribution >= 4 is 11.7 Å². The first-order valence-corrected chi connectivity index (χ1v) is 8.60. The molecule has 2 aromatic rings. The molecule has 1 amide bonds. The Labute approximate surface area is 142 Å². The van der Waals surface area contributed by atoms with Crippen LogP contribution in [0.1, 0.15) is 36.4 Å². The van der Waals surface area contributed by atoms with Gasteiger partial charge >= 0.3 is 0 Å². The fourth-order valence-corrected chi connectivity index (χ4v) is 3.64. The van der Waals surface area contributed by atoms with Crippen LogP contribution in [0.25, 0.3) is 0 Å². The van der Waals surface area contributed by atoms with Crippen molar-refractivity contribution < 1.29 is 4.79 Å². The van der Waals surface area contributed by atoms with Crippen molar-refractivity contribution in [2.45, 2.75) is 38.3 Å². The summed E-state index contributed by atoms with van der Waals surface area (Å²) >= 11 is 0. The first-order chi connectivity index (χ1) is 11.7. The molecular weight excluding hydrogens is 300 g/mol. The maximum atomic E-state index is 12.6. The van der Waals surface area contributed by atoms with Crippen molar-refractivity contribution in [3.05, 3.63) is 54.0 Å². The van der Waals surface area contributed by atoms with Crippen LogP contribution in [-0.2, 0) is 4.79 Å². The smallest absolute Gasteiger partial charge is 0.223 e. The monoisotopic (exact) mass is 322 g/mol. The summed E-state index contributed by atoms with van der Waals surface area (Å²) in [6, 6.07) is 8.60. The van der Waals surface area contributed by atoms with Gasteiger partial charge in [-0.3, -0.25) is 9.78 Å². The summed E-state index contributed by atoms with van der Waals surface area (Å²) in [6.07, 6.45) is 8.34. The Morgan fingerprint density at radius 1 is 1.29 bits per heavy atom. The molecule has 24 heavy (non-hydrogen) atoms.